The molecule has 1 aromatic carbocycles. The van der Waals surface area contributed by atoms with Gasteiger partial charge in [-0.15, -0.1) is 0 Å². The molecule has 0 unspecified atom stereocenters. The number of hydrogen-bond donors (Lipinski definition) is 1. The standard InChI is InChI=1S/C10H14INO/c1-12(5-6-13)8-9-3-2-4-10(11)7-9/h2-4,7,13H,5-6,8H2,1H3. The fourth-order valence-corrected chi connectivity index (χ4v) is 1.80. The van der Waals surface area contributed by atoms with E-state index < -0.39 is 0 Å². The van der Waals surface area contributed by atoms with Crippen LogP contribution >= 0.6 is 22.6 Å². The Bertz CT molecular complexity index is 265. The zero-order valence-corrected chi connectivity index (χ0v) is 9.86. The molecule has 0 fully saturated rings. The third-order valence-electron chi connectivity index (χ3n) is 1.82. The van der Waals surface area contributed by atoms with Crippen molar-refractivity contribution in [2.75, 3.05) is 20.2 Å². The molecule has 0 aliphatic heterocycles. The third-order valence-corrected chi connectivity index (χ3v) is 2.49. The maximum absolute atomic E-state index is 8.73. The van der Waals surface area contributed by atoms with E-state index in [9.17, 15) is 0 Å². The minimum absolute atomic E-state index is 0.223. The summed E-state index contributed by atoms with van der Waals surface area (Å²) >= 11 is 2.31. The topological polar surface area (TPSA) is 23.5 Å². The number of halogens is 1. The van der Waals surface area contributed by atoms with Crippen molar-refractivity contribution in [1.29, 1.82) is 0 Å². The Kier molecular flexibility index (Phi) is 4.69. The number of aliphatic hydroxyl groups is 1. The Morgan fingerprint density at radius 2 is 2.23 bits per heavy atom. The quantitative estimate of drug-likeness (QED) is 0.854. The lowest BCUT2D eigenvalue weighted by molar-refractivity contribution is 0.217. The van der Waals surface area contributed by atoms with Gasteiger partial charge in [-0.25, -0.2) is 0 Å². The highest BCUT2D eigenvalue weighted by molar-refractivity contribution is 14.1. The molecule has 72 valence electrons. The van der Waals surface area contributed by atoms with Crippen molar-refractivity contribution in [3.63, 3.8) is 0 Å². The van der Waals surface area contributed by atoms with Crippen LogP contribution in [0.2, 0.25) is 0 Å². The molecule has 0 aliphatic rings. The Balaban J connectivity index is 2.53. The molecule has 1 rings (SSSR count). The summed E-state index contributed by atoms with van der Waals surface area (Å²) in [7, 11) is 2.01. The SMILES string of the molecule is CN(CCO)Cc1cccc(I)c1. The number of likely N-dealkylation sites (N-methyl/N-ethyl adjacent to an activating group) is 1. The van der Waals surface area contributed by atoms with Gasteiger partial charge >= 0.3 is 0 Å². The second-order valence-corrected chi connectivity index (χ2v) is 4.34. The van der Waals surface area contributed by atoms with Gasteiger partial charge in [-0.05, 0) is 47.3 Å². The van der Waals surface area contributed by atoms with Crippen LogP contribution in [0.1, 0.15) is 5.56 Å². The lowest BCUT2D eigenvalue weighted by atomic mass is 10.2. The van der Waals surface area contributed by atoms with Crippen molar-refractivity contribution in [3.05, 3.63) is 33.4 Å². The first-order valence-corrected chi connectivity index (χ1v) is 5.34. The number of nitrogens with zero attached hydrogens (tertiary/aromatic N) is 1. The molecule has 1 aromatic rings. The van der Waals surface area contributed by atoms with E-state index in [-0.39, 0.29) is 6.61 Å². The van der Waals surface area contributed by atoms with Crippen LogP contribution in [-0.2, 0) is 6.54 Å². The van der Waals surface area contributed by atoms with Gasteiger partial charge in [-0.1, -0.05) is 12.1 Å². The van der Waals surface area contributed by atoms with Gasteiger partial charge in [0.1, 0.15) is 0 Å². The third kappa shape index (κ3) is 4.06. The van der Waals surface area contributed by atoms with Crippen LogP contribution in [0.15, 0.2) is 24.3 Å². The normalized spacial score (nSPS) is 10.8. The van der Waals surface area contributed by atoms with Crippen LogP contribution < -0.4 is 0 Å². The fourth-order valence-electron chi connectivity index (χ4n) is 1.20. The average Bonchev–Trinajstić information content (AvgIpc) is 2.04. The highest BCUT2D eigenvalue weighted by Crippen LogP contribution is 2.09. The van der Waals surface area contributed by atoms with E-state index in [0.29, 0.717) is 0 Å². The molecular formula is C10H14INO. The molecular weight excluding hydrogens is 277 g/mol. The maximum Gasteiger partial charge on any atom is 0.0558 e. The van der Waals surface area contributed by atoms with E-state index in [1.165, 1.54) is 9.13 Å². The van der Waals surface area contributed by atoms with Gasteiger partial charge in [0.05, 0.1) is 6.61 Å². The molecule has 13 heavy (non-hydrogen) atoms. The molecule has 3 heteroatoms. The van der Waals surface area contributed by atoms with E-state index in [4.69, 9.17) is 5.11 Å². The number of rotatable bonds is 4. The molecule has 0 amide bonds. The molecule has 0 saturated heterocycles. The predicted molar refractivity (Wildman–Crippen MR) is 62.6 cm³/mol. The molecule has 0 atom stereocenters. The van der Waals surface area contributed by atoms with E-state index in [1.807, 2.05) is 7.05 Å². The second kappa shape index (κ2) is 5.57. The largest absolute Gasteiger partial charge is 0.395 e. The van der Waals surface area contributed by atoms with Gasteiger partial charge in [0, 0.05) is 16.7 Å². The van der Waals surface area contributed by atoms with Crippen molar-refractivity contribution in [2.45, 2.75) is 6.54 Å². The monoisotopic (exact) mass is 291 g/mol. The van der Waals surface area contributed by atoms with Crippen molar-refractivity contribution < 1.29 is 5.11 Å². The van der Waals surface area contributed by atoms with Crippen LogP contribution in [0.5, 0.6) is 0 Å². The summed E-state index contributed by atoms with van der Waals surface area (Å²) in [4.78, 5) is 2.10. The Morgan fingerprint density at radius 3 is 2.85 bits per heavy atom. The Hall–Kier alpha value is -0.130. The molecule has 2 nitrogen and oxygen atoms in total. The van der Waals surface area contributed by atoms with Gasteiger partial charge in [-0.3, -0.25) is 4.90 Å². The van der Waals surface area contributed by atoms with Crippen molar-refractivity contribution in [3.8, 4) is 0 Å². The Morgan fingerprint density at radius 1 is 1.46 bits per heavy atom. The molecule has 0 aromatic heterocycles. The zero-order valence-electron chi connectivity index (χ0n) is 7.70. The molecule has 0 saturated carbocycles. The zero-order chi connectivity index (χ0) is 9.68. The summed E-state index contributed by atoms with van der Waals surface area (Å²) in [6.07, 6.45) is 0. The van der Waals surface area contributed by atoms with Crippen LogP contribution in [-0.4, -0.2) is 30.2 Å². The molecule has 0 aliphatic carbocycles. The van der Waals surface area contributed by atoms with Gasteiger partial charge in [0.15, 0.2) is 0 Å². The molecule has 1 N–H and O–H groups in total. The van der Waals surface area contributed by atoms with E-state index in [1.54, 1.807) is 0 Å². The van der Waals surface area contributed by atoms with Crippen LogP contribution in [0, 0.1) is 3.57 Å². The lowest BCUT2D eigenvalue weighted by Crippen LogP contribution is -2.21. The minimum atomic E-state index is 0.223. The summed E-state index contributed by atoms with van der Waals surface area (Å²) < 4.78 is 1.26. The van der Waals surface area contributed by atoms with Gasteiger partial charge in [0.25, 0.3) is 0 Å². The van der Waals surface area contributed by atoms with E-state index in [2.05, 4.69) is 51.8 Å². The average molecular weight is 291 g/mol. The van der Waals surface area contributed by atoms with Crippen LogP contribution in [0.3, 0.4) is 0 Å². The summed E-state index contributed by atoms with van der Waals surface area (Å²) in [5.74, 6) is 0. The molecule has 0 spiro atoms. The summed E-state index contributed by atoms with van der Waals surface area (Å²) in [5.41, 5.74) is 1.29. The number of hydrogen-bond acceptors (Lipinski definition) is 2. The summed E-state index contributed by atoms with van der Waals surface area (Å²) in [6.45, 7) is 1.85. The van der Waals surface area contributed by atoms with E-state index >= 15 is 0 Å². The van der Waals surface area contributed by atoms with Crippen molar-refractivity contribution >= 4 is 22.6 Å². The first-order chi connectivity index (χ1) is 6.22. The van der Waals surface area contributed by atoms with Crippen LogP contribution in [0.4, 0.5) is 0 Å². The summed E-state index contributed by atoms with van der Waals surface area (Å²) in [6, 6.07) is 8.41. The molecule has 0 radical (unpaired) electrons. The minimum Gasteiger partial charge on any atom is -0.395 e. The smallest absolute Gasteiger partial charge is 0.0558 e. The highest BCUT2D eigenvalue weighted by Gasteiger charge is 1.99. The second-order valence-electron chi connectivity index (χ2n) is 3.09. The highest BCUT2D eigenvalue weighted by atomic mass is 127. The maximum atomic E-state index is 8.73. The predicted octanol–water partition coefficient (Wildman–Crippen LogP) is 1.72. The number of aliphatic hydroxyl groups excluding tert-OH is 1. The first kappa shape index (κ1) is 10.9. The summed E-state index contributed by atoms with van der Waals surface area (Å²) in [5, 5.41) is 8.73. The molecule has 0 heterocycles. The van der Waals surface area contributed by atoms with Gasteiger partial charge < -0.3 is 5.11 Å². The van der Waals surface area contributed by atoms with Crippen molar-refractivity contribution in [1.82, 2.24) is 4.90 Å². The van der Waals surface area contributed by atoms with Crippen molar-refractivity contribution in [2.24, 2.45) is 0 Å². The van der Waals surface area contributed by atoms with Gasteiger partial charge in [-0.2, -0.15) is 0 Å². The van der Waals surface area contributed by atoms with E-state index in [0.717, 1.165) is 13.1 Å². The lowest BCUT2D eigenvalue weighted by Gasteiger charge is -2.14. The van der Waals surface area contributed by atoms with Crippen LogP contribution in [0.25, 0.3) is 0 Å². The van der Waals surface area contributed by atoms with Gasteiger partial charge in [0.2, 0.25) is 0 Å². The Labute approximate surface area is 92.7 Å². The number of benzene rings is 1. The fraction of sp³-hybridized carbons (Fsp3) is 0.400. The first-order valence-electron chi connectivity index (χ1n) is 4.26. The molecule has 0 bridgehead atoms.